The lowest BCUT2D eigenvalue weighted by atomic mass is 9.83. The molecule has 0 saturated heterocycles. The number of hydrogen-bond acceptors (Lipinski definition) is 3. The fourth-order valence-corrected chi connectivity index (χ4v) is 2.39. The van der Waals surface area contributed by atoms with Crippen LogP contribution in [-0.2, 0) is 4.79 Å². The Hall–Kier alpha value is -2.08. The predicted molar refractivity (Wildman–Crippen MR) is 73.5 cm³/mol. The minimum atomic E-state index is 0.0293. The molecule has 0 spiro atoms. The van der Waals surface area contributed by atoms with Crippen LogP contribution in [0, 0.1) is 17.2 Å². The number of ether oxygens (including phenoxy) is 1. The Labute approximate surface area is 113 Å². The van der Waals surface area contributed by atoms with Crippen LogP contribution in [0.3, 0.4) is 0 Å². The molecule has 0 saturated carbocycles. The first kappa shape index (κ1) is 13.4. The molecule has 0 bridgehead atoms. The summed E-state index contributed by atoms with van der Waals surface area (Å²) < 4.78 is 5.12. The minimum Gasteiger partial charge on any atom is -0.497 e. The van der Waals surface area contributed by atoms with Gasteiger partial charge in [-0.05, 0) is 48.6 Å². The van der Waals surface area contributed by atoms with Gasteiger partial charge in [-0.1, -0.05) is 12.1 Å². The van der Waals surface area contributed by atoms with Gasteiger partial charge in [0, 0.05) is 12.3 Å². The summed E-state index contributed by atoms with van der Waals surface area (Å²) in [5, 5.41) is 8.57. The van der Waals surface area contributed by atoms with E-state index < -0.39 is 0 Å². The van der Waals surface area contributed by atoms with Gasteiger partial charge in [0.25, 0.3) is 0 Å². The third kappa shape index (κ3) is 3.23. The molecule has 3 nitrogen and oxygen atoms in total. The molecule has 19 heavy (non-hydrogen) atoms. The Balaban J connectivity index is 2.10. The highest BCUT2D eigenvalue weighted by Crippen LogP contribution is 2.31. The fourth-order valence-electron chi connectivity index (χ4n) is 2.39. The van der Waals surface area contributed by atoms with Crippen molar-refractivity contribution in [3.05, 3.63) is 35.9 Å². The molecule has 1 aromatic carbocycles. The van der Waals surface area contributed by atoms with Gasteiger partial charge in [-0.3, -0.25) is 4.79 Å². The molecular weight excluding hydrogens is 238 g/mol. The number of benzene rings is 1. The van der Waals surface area contributed by atoms with Gasteiger partial charge in [-0.2, -0.15) is 5.26 Å². The summed E-state index contributed by atoms with van der Waals surface area (Å²) in [6, 6.07) is 9.87. The standard InChI is InChI=1S/C16H17NO2/c1-19-15-8-6-12(7-9-15)14-5-4-13(3-2-10-17)16(18)11-14/h6-9,11,13H,2-5H2,1H3. The quantitative estimate of drug-likeness (QED) is 0.828. The van der Waals surface area contributed by atoms with Crippen molar-refractivity contribution >= 4 is 11.4 Å². The van der Waals surface area contributed by atoms with E-state index in [1.807, 2.05) is 24.3 Å². The summed E-state index contributed by atoms with van der Waals surface area (Å²) >= 11 is 0. The second-order valence-electron chi connectivity index (χ2n) is 4.73. The predicted octanol–water partition coefficient (Wildman–Crippen LogP) is 3.36. The Morgan fingerprint density at radius 1 is 1.37 bits per heavy atom. The highest BCUT2D eigenvalue weighted by Gasteiger charge is 2.22. The molecule has 0 fully saturated rings. The number of methoxy groups -OCH3 is 1. The first-order valence-corrected chi connectivity index (χ1v) is 6.50. The van der Waals surface area contributed by atoms with Gasteiger partial charge >= 0.3 is 0 Å². The van der Waals surface area contributed by atoms with E-state index in [0.29, 0.717) is 12.8 Å². The largest absolute Gasteiger partial charge is 0.497 e. The molecule has 1 atom stereocenters. The molecule has 1 unspecified atom stereocenters. The van der Waals surface area contributed by atoms with Gasteiger partial charge in [0.2, 0.25) is 0 Å². The van der Waals surface area contributed by atoms with Crippen LogP contribution in [0.2, 0.25) is 0 Å². The van der Waals surface area contributed by atoms with E-state index in [-0.39, 0.29) is 11.7 Å². The van der Waals surface area contributed by atoms with Crippen LogP contribution in [-0.4, -0.2) is 12.9 Å². The molecule has 0 amide bonds. The van der Waals surface area contributed by atoms with Gasteiger partial charge < -0.3 is 4.74 Å². The zero-order chi connectivity index (χ0) is 13.7. The monoisotopic (exact) mass is 255 g/mol. The Bertz CT molecular complexity index is 523. The zero-order valence-corrected chi connectivity index (χ0v) is 11.1. The van der Waals surface area contributed by atoms with E-state index >= 15 is 0 Å². The van der Waals surface area contributed by atoms with E-state index in [2.05, 4.69) is 6.07 Å². The van der Waals surface area contributed by atoms with E-state index in [0.717, 1.165) is 29.7 Å². The Morgan fingerprint density at radius 3 is 2.68 bits per heavy atom. The van der Waals surface area contributed by atoms with E-state index in [1.165, 1.54) is 0 Å². The van der Waals surface area contributed by atoms with Crippen molar-refractivity contribution in [2.75, 3.05) is 7.11 Å². The smallest absolute Gasteiger partial charge is 0.159 e. The summed E-state index contributed by atoms with van der Waals surface area (Å²) in [7, 11) is 1.64. The molecule has 98 valence electrons. The van der Waals surface area contributed by atoms with Crippen molar-refractivity contribution < 1.29 is 9.53 Å². The average molecular weight is 255 g/mol. The molecule has 2 rings (SSSR count). The summed E-state index contributed by atoms with van der Waals surface area (Å²) in [6.07, 6.45) is 4.63. The molecule has 0 N–H and O–H groups in total. The number of allylic oxidation sites excluding steroid dienone is 2. The van der Waals surface area contributed by atoms with Crippen molar-refractivity contribution in [3.8, 4) is 11.8 Å². The van der Waals surface area contributed by atoms with Crippen molar-refractivity contribution in [3.63, 3.8) is 0 Å². The molecule has 0 radical (unpaired) electrons. The number of carbonyl (C=O) groups is 1. The lowest BCUT2D eigenvalue weighted by Crippen LogP contribution is -2.16. The third-order valence-electron chi connectivity index (χ3n) is 3.55. The number of rotatable bonds is 4. The normalized spacial score (nSPS) is 18.6. The summed E-state index contributed by atoms with van der Waals surface area (Å²) in [5.74, 6) is 1.01. The highest BCUT2D eigenvalue weighted by atomic mass is 16.5. The Kier molecular flexibility index (Phi) is 4.35. The molecule has 0 aromatic heterocycles. The number of nitriles is 1. The Morgan fingerprint density at radius 2 is 2.11 bits per heavy atom. The van der Waals surface area contributed by atoms with Gasteiger partial charge in [-0.15, -0.1) is 0 Å². The topological polar surface area (TPSA) is 50.1 Å². The summed E-state index contributed by atoms with van der Waals surface area (Å²) in [4.78, 5) is 12.0. The number of hydrogen-bond donors (Lipinski definition) is 0. The maximum absolute atomic E-state index is 12.0. The molecule has 1 aliphatic carbocycles. The molecule has 0 aliphatic heterocycles. The number of carbonyl (C=O) groups excluding carboxylic acids is 1. The van der Waals surface area contributed by atoms with Crippen molar-refractivity contribution in [2.45, 2.75) is 25.7 Å². The van der Waals surface area contributed by atoms with Crippen LogP contribution < -0.4 is 4.74 Å². The molecule has 3 heteroatoms. The SMILES string of the molecule is COc1ccc(C2=CC(=O)C(CCC#N)CC2)cc1. The number of ketones is 1. The van der Waals surface area contributed by atoms with E-state index in [1.54, 1.807) is 13.2 Å². The second-order valence-corrected chi connectivity index (χ2v) is 4.73. The fraction of sp³-hybridized carbons (Fsp3) is 0.375. The van der Waals surface area contributed by atoms with Gasteiger partial charge in [0.1, 0.15) is 5.75 Å². The van der Waals surface area contributed by atoms with Gasteiger partial charge in [0.05, 0.1) is 13.2 Å². The van der Waals surface area contributed by atoms with Crippen LogP contribution in [0.25, 0.3) is 5.57 Å². The average Bonchev–Trinajstić information content (AvgIpc) is 2.46. The lowest BCUT2D eigenvalue weighted by molar-refractivity contribution is -0.118. The zero-order valence-electron chi connectivity index (χ0n) is 11.1. The van der Waals surface area contributed by atoms with E-state index in [9.17, 15) is 4.79 Å². The van der Waals surface area contributed by atoms with E-state index in [4.69, 9.17) is 10.00 Å². The molecule has 1 aliphatic rings. The van der Waals surface area contributed by atoms with Crippen molar-refractivity contribution in [1.29, 1.82) is 5.26 Å². The lowest BCUT2D eigenvalue weighted by Gasteiger charge is -2.20. The van der Waals surface area contributed by atoms with Crippen LogP contribution in [0.1, 0.15) is 31.2 Å². The highest BCUT2D eigenvalue weighted by molar-refractivity contribution is 6.00. The van der Waals surface area contributed by atoms with Crippen molar-refractivity contribution in [2.24, 2.45) is 5.92 Å². The second kappa shape index (κ2) is 6.19. The minimum absolute atomic E-state index is 0.0293. The first-order chi connectivity index (χ1) is 9.24. The van der Waals surface area contributed by atoms with Crippen LogP contribution in [0.15, 0.2) is 30.3 Å². The van der Waals surface area contributed by atoms with Crippen LogP contribution in [0.4, 0.5) is 0 Å². The molecule has 0 heterocycles. The maximum atomic E-state index is 12.0. The maximum Gasteiger partial charge on any atom is 0.159 e. The first-order valence-electron chi connectivity index (χ1n) is 6.50. The van der Waals surface area contributed by atoms with Gasteiger partial charge in [-0.25, -0.2) is 0 Å². The molecular formula is C16H17NO2. The van der Waals surface area contributed by atoms with Crippen LogP contribution in [0.5, 0.6) is 5.75 Å². The molecule has 1 aromatic rings. The summed E-state index contributed by atoms with van der Waals surface area (Å²) in [6.45, 7) is 0. The summed E-state index contributed by atoms with van der Waals surface area (Å²) in [5.41, 5.74) is 2.16. The van der Waals surface area contributed by atoms with Crippen LogP contribution >= 0.6 is 0 Å². The van der Waals surface area contributed by atoms with Crippen molar-refractivity contribution in [1.82, 2.24) is 0 Å². The van der Waals surface area contributed by atoms with Gasteiger partial charge in [0.15, 0.2) is 5.78 Å². The number of nitrogens with zero attached hydrogens (tertiary/aromatic N) is 1. The third-order valence-corrected chi connectivity index (χ3v) is 3.55.